The minimum absolute atomic E-state index is 0.0947. The van der Waals surface area contributed by atoms with Crippen molar-refractivity contribution in [2.75, 3.05) is 10.7 Å². The fourth-order valence-corrected chi connectivity index (χ4v) is 3.02. The van der Waals surface area contributed by atoms with Crippen LogP contribution in [0.5, 0.6) is 0 Å². The van der Waals surface area contributed by atoms with Crippen LogP contribution in [0.2, 0.25) is 0 Å². The van der Waals surface area contributed by atoms with Crippen LogP contribution in [-0.2, 0) is 4.79 Å². The molecule has 0 spiro atoms. The second kappa shape index (κ2) is 5.29. The molecule has 1 aliphatic heterocycles. The summed E-state index contributed by atoms with van der Waals surface area (Å²) in [5, 5.41) is 0. The number of hydrogen-bond acceptors (Lipinski definition) is 3. The SMILES string of the molecule is O=C1CCCSC(=S)N1c1ccc(Br)cc1. The van der Waals surface area contributed by atoms with Crippen molar-refractivity contribution in [3.63, 3.8) is 0 Å². The van der Waals surface area contributed by atoms with Crippen molar-refractivity contribution < 1.29 is 4.79 Å². The summed E-state index contributed by atoms with van der Waals surface area (Å²) < 4.78 is 1.65. The van der Waals surface area contributed by atoms with Gasteiger partial charge >= 0.3 is 0 Å². The molecule has 0 aliphatic carbocycles. The summed E-state index contributed by atoms with van der Waals surface area (Å²) in [6, 6.07) is 7.64. The lowest BCUT2D eigenvalue weighted by atomic mass is 10.2. The predicted molar refractivity (Wildman–Crippen MR) is 75.9 cm³/mol. The van der Waals surface area contributed by atoms with Gasteiger partial charge in [0.1, 0.15) is 4.32 Å². The van der Waals surface area contributed by atoms with Crippen LogP contribution >= 0.6 is 39.9 Å². The molecule has 2 nitrogen and oxygen atoms in total. The van der Waals surface area contributed by atoms with Crippen molar-refractivity contribution in [3.8, 4) is 0 Å². The molecule has 0 bridgehead atoms. The standard InChI is InChI=1S/C11H10BrNOS2/c12-8-3-5-9(6-4-8)13-10(14)2-1-7-16-11(13)15/h3-6H,1-2,7H2. The van der Waals surface area contributed by atoms with Crippen LogP contribution in [0.4, 0.5) is 5.69 Å². The zero-order valence-corrected chi connectivity index (χ0v) is 11.7. The van der Waals surface area contributed by atoms with Gasteiger partial charge in [-0.1, -0.05) is 39.9 Å². The van der Waals surface area contributed by atoms with E-state index in [0.717, 1.165) is 22.3 Å². The Bertz CT molecular complexity index is 400. The molecule has 1 saturated heterocycles. The van der Waals surface area contributed by atoms with E-state index in [2.05, 4.69) is 15.9 Å². The highest BCUT2D eigenvalue weighted by molar-refractivity contribution is 9.10. The van der Waals surface area contributed by atoms with E-state index in [1.165, 1.54) is 0 Å². The highest BCUT2D eigenvalue weighted by atomic mass is 79.9. The van der Waals surface area contributed by atoms with Gasteiger partial charge in [-0.3, -0.25) is 9.69 Å². The van der Waals surface area contributed by atoms with Crippen molar-refractivity contribution >= 4 is 55.8 Å². The quantitative estimate of drug-likeness (QED) is 0.739. The molecule has 0 atom stereocenters. The van der Waals surface area contributed by atoms with E-state index < -0.39 is 0 Å². The van der Waals surface area contributed by atoms with Crippen molar-refractivity contribution in [3.05, 3.63) is 28.7 Å². The minimum atomic E-state index is 0.0947. The largest absolute Gasteiger partial charge is 0.274 e. The number of halogens is 1. The van der Waals surface area contributed by atoms with E-state index in [0.29, 0.717) is 10.7 Å². The zero-order valence-electron chi connectivity index (χ0n) is 8.48. The Labute approximate surface area is 113 Å². The molecule has 84 valence electrons. The first-order valence-corrected chi connectivity index (χ1v) is 7.12. The molecule has 0 unspecified atom stereocenters. The van der Waals surface area contributed by atoms with E-state index in [1.807, 2.05) is 24.3 Å². The number of rotatable bonds is 1. The van der Waals surface area contributed by atoms with E-state index in [-0.39, 0.29) is 5.91 Å². The minimum Gasteiger partial charge on any atom is -0.274 e. The lowest BCUT2D eigenvalue weighted by Gasteiger charge is -2.20. The third-order valence-electron chi connectivity index (χ3n) is 2.28. The summed E-state index contributed by atoms with van der Waals surface area (Å²) in [6.45, 7) is 0. The average molecular weight is 316 g/mol. The second-order valence-corrected chi connectivity index (χ2v) is 6.07. The highest BCUT2D eigenvalue weighted by Crippen LogP contribution is 2.26. The molecule has 0 saturated carbocycles. The van der Waals surface area contributed by atoms with Gasteiger partial charge in [0, 0.05) is 16.6 Å². The molecule has 16 heavy (non-hydrogen) atoms. The number of benzene rings is 1. The first-order chi connectivity index (χ1) is 7.68. The van der Waals surface area contributed by atoms with Crippen LogP contribution in [-0.4, -0.2) is 16.0 Å². The molecule has 0 aromatic heterocycles. The number of carbonyl (C=O) groups excluding carboxylic acids is 1. The number of nitrogens with zero attached hydrogens (tertiary/aromatic N) is 1. The van der Waals surface area contributed by atoms with Gasteiger partial charge in [-0.05, 0) is 30.7 Å². The van der Waals surface area contributed by atoms with Gasteiger partial charge < -0.3 is 0 Å². The third kappa shape index (κ3) is 2.64. The Kier molecular flexibility index (Phi) is 4.00. The molecule has 1 amide bonds. The summed E-state index contributed by atoms with van der Waals surface area (Å²) >= 11 is 10.2. The van der Waals surface area contributed by atoms with Gasteiger partial charge in [-0.15, -0.1) is 0 Å². The van der Waals surface area contributed by atoms with Gasteiger partial charge in [-0.25, -0.2) is 0 Å². The van der Waals surface area contributed by atoms with Gasteiger partial charge in [0.25, 0.3) is 0 Å². The van der Waals surface area contributed by atoms with E-state index in [4.69, 9.17) is 12.2 Å². The average Bonchev–Trinajstić information content (AvgIpc) is 2.42. The summed E-state index contributed by atoms with van der Waals surface area (Å²) in [5.74, 6) is 1.02. The summed E-state index contributed by atoms with van der Waals surface area (Å²) in [6.07, 6.45) is 1.47. The zero-order chi connectivity index (χ0) is 11.5. The Balaban J connectivity index is 2.32. The molecule has 0 N–H and O–H groups in total. The summed E-state index contributed by atoms with van der Waals surface area (Å²) in [7, 11) is 0. The van der Waals surface area contributed by atoms with Crippen LogP contribution in [0.15, 0.2) is 28.7 Å². The Morgan fingerprint density at radius 2 is 2.00 bits per heavy atom. The van der Waals surface area contributed by atoms with Crippen LogP contribution in [0.3, 0.4) is 0 Å². The van der Waals surface area contributed by atoms with Gasteiger partial charge in [0.2, 0.25) is 5.91 Å². The van der Waals surface area contributed by atoms with Gasteiger partial charge in [-0.2, -0.15) is 0 Å². The fraction of sp³-hybridized carbons (Fsp3) is 0.273. The molecule has 1 aliphatic rings. The normalized spacial score (nSPS) is 17.4. The Morgan fingerprint density at radius 1 is 1.31 bits per heavy atom. The maximum atomic E-state index is 11.9. The van der Waals surface area contributed by atoms with Crippen molar-refractivity contribution in [1.82, 2.24) is 0 Å². The summed E-state index contributed by atoms with van der Waals surface area (Å²) in [4.78, 5) is 13.6. The van der Waals surface area contributed by atoms with Crippen LogP contribution in [0.25, 0.3) is 0 Å². The molecule has 0 radical (unpaired) electrons. The number of thioether (sulfide) groups is 1. The maximum Gasteiger partial charge on any atom is 0.232 e. The van der Waals surface area contributed by atoms with Gasteiger partial charge in [0.05, 0.1) is 5.69 Å². The molecule has 5 heteroatoms. The van der Waals surface area contributed by atoms with Crippen LogP contribution in [0.1, 0.15) is 12.8 Å². The highest BCUT2D eigenvalue weighted by Gasteiger charge is 2.23. The van der Waals surface area contributed by atoms with Crippen LogP contribution in [0, 0.1) is 0 Å². The first kappa shape index (κ1) is 12.1. The first-order valence-electron chi connectivity index (χ1n) is 4.94. The fourth-order valence-electron chi connectivity index (χ4n) is 1.50. The molecular formula is C11H10BrNOS2. The number of thiocarbonyl (C=S) groups is 1. The van der Waals surface area contributed by atoms with E-state index >= 15 is 0 Å². The topological polar surface area (TPSA) is 20.3 Å². The molecule has 1 aromatic carbocycles. The van der Waals surface area contributed by atoms with Crippen LogP contribution < -0.4 is 4.90 Å². The number of anilines is 1. The smallest absolute Gasteiger partial charge is 0.232 e. The van der Waals surface area contributed by atoms with E-state index in [1.54, 1.807) is 16.7 Å². The lowest BCUT2D eigenvalue weighted by molar-refractivity contribution is -0.117. The second-order valence-electron chi connectivity index (χ2n) is 3.42. The Morgan fingerprint density at radius 3 is 2.69 bits per heavy atom. The molecule has 2 rings (SSSR count). The molecule has 1 fully saturated rings. The van der Waals surface area contributed by atoms with Crippen molar-refractivity contribution in [2.24, 2.45) is 0 Å². The Hall–Kier alpha value is -0.390. The predicted octanol–water partition coefficient (Wildman–Crippen LogP) is 3.59. The summed E-state index contributed by atoms with van der Waals surface area (Å²) in [5.41, 5.74) is 0.854. The number of carbonyl (C=O) groups is 1. The molecular weight excluding hydrogens is 306 g/mol. The maximum absolute atomic E-state index is 11.9. The number of hydrogen-bond donors (Lipinski definition) is 0. The number of amides is 1. The monoisotopic (exact) mass is 315 g/mol. The lowest BCUT2D eigenvalue weighted by Crippen LogP contribution is -2.32. The third-order valence-corrected chi connectivity index (χ3v) is 4.26. The van der Waals surface area contributed by atoms with Gasteiger partial charge in [0.15, 0.2) is 0 Å². The molecule has 1 aromatic rings. The van der Waals surface area contributed by atoms with Crippen molar-refractivity contribution in [2.45, 2.75) is 12.8 Å². The molecule has 1 heterocycles. The van der Waals surface area contributed by atoms with E-state index in [9.17, 15) is 4.79 Å². The van der Waals surface area contributed by atoms with Crippen molar-refractivity contribution in [1.29, 1.82) is 0 Å².